The summed E-state index contributed by atoms with van der Waals surface area (Å²) in [7, 11) is 0. The Morgan fingerprint density at radius 3 is 2.33 bits per heavy atom. The molecule has 0 aromatic heterocycles. The summed E-state index contributed by atoms with van der Waals surface area (Å²) in [6.45, 7) is -0.0140. The van der Waals surface area contributed by atoms with Gasteiger partial charge in [0.1, 0.15) is 6.10 Å². The fourth-order valence-electron chi connectivity index (χ4n) is 1.16. The van der Waals surface area contributed by atoms with Gasteiger partial charge in [-0.15, -0.1) is 0 Å². The molecule has 1 fully saturated rings. The zero-order valence-electron chi connectivity index (χ0n) is 7.11. The van der Waals surface area contributed by atoms with Crippen LogP contribution in [0, 0.1) is 0 Å². The first-order valence-electron chi connectivity index (χ1n) is 4.44. The van der Waals surface area contributed by atoms with Gasteiger partial charge < -0.3 is 20.6 Å². The second-order valence-electron chi connectivity index (χ2n) is 3.35. The second kappa shape index (κ2) is 4.77. The van der Waals surface area contributed by atoms with Crippen molar-refractivity contribution in [3.05, 3.63) is 0 Å². The molecule has 12 heavy (non-hydrogen) atoms. The Hall–Kier alpha value is -0.160. The fourth-order valence-corrected chi connectivity index (χ4v) is 1.16. The predicted molar refractivity (Wildman–Crippen MR) is 44.7 cm³/mol. The standard InChI is InChI=1S/C8H17NO3/c10-5-8(12)7(11)4-9-6-2-1-3-6/h6-12H,1-5H2. The third-order valence-corrected chi connectivity index (χ3v) is 2.35. The van der Waals surface area contributed by atoms with Gasteiger partial charge in [0.25, 0.3) is 0 Å². The van der Waals surface area contributed by atoms with E-state index in [0.29, 0.717) is 12.6 Å². The minimum Gasteiger partial charge on any atom is -0.394 e. The molecule has 4 N–H and O–H groups in total. The van der Waals surface area contributed by atoms with Crippen molar-refractivity contribution in [2.45, 2.75) is 37.5 Å². The third kappa shape index (κ3) is 2.71. The van der Waals surface area contributed by atoms with Crippen LogP contribution in [0.1, 0.15) is 19.3 Å². The van der Waals surface area contributed by atoms with Gasteiger partial charge in [0, 0.05) is 12.6 Å². The first-order valence-corrected chi connectivity index (χ1v) is 4.44. The average Bonchev–Trinajstić information content (AvgIpc) is 2.00. The minimum absolute atomic E-state index is 0.367. The van der Waals surface area contributed by atoms with Crippen LogP contribution in [0.15, 0.2) is 0 Å². The molecule has 1 saturated carbocycles. The van der Waals surface area contributed by atoms with Crippen LogP contribution in [0.25, 0.3) is 0 Å². The van der Waals surface area contributed by atoms with E-state index < -0.39 is 12.2 Å². The van der Waals surface area contributed by atoms with Crippen LogP contribution in [0.3, 0.4) is 0 Å². The number of hydrogen-bond acceptors (Lipinski definition) is 4. The van der Waals surface area contributed by atoms with E-state index in [2.05, 4.69) is 5.32 Å². The Morgan fingerprint density at radius 2 is 1.92 bits per heavy atom. The van der Waals surface area contributed by atoms with Crippen molar-refractivity contribution in [3.63, 3.8) is 0 Å². The van der Waals surface area contributed by atoms with Crippen molar-refractivity contribution in [1.29, 1.82) is 0 Å². The highest BCUT2D eigenvalue weighted by molar-refractivity contribution is 4.79. The van der Waals surface area contributed by atoms with Gasteiger partial charge in [0.15, 0.2) is 0 Å². The summed E-state index contributed by atoms with van der Waals surface area (Å²) in [6, 6.07) is 0.505. The van der Waals surface area contributed by atoms with Gasteiger partial charge in [-0.1, -0.05) is 6.42 Å². The van der Waals surface area contributed by atoms with E-state index in [0.717, 1.165) is 12.8 Å². The third-order valence-electron chi connectivity index (χ3n) is 2.35. The molecule has 0 aliphatic heterocycles. The normalized spacial score (nSPS) is 23.2. The molecule has 72 valence electrons. The van der Waals surface area contributed by atoms with Crippen molar-refractivity contribution >= 4 is 0 Å². The molecule has 1 rings (SSSR count). The van der Waals surface area contributed by atoms with E-state index in [4.69, 9.17) is 10.2 Å². The molecule has 1 aliphatic rings. The van der Waals surface area contributed by atoms with Crippen molar-refractivity contribution in [2.75, 3.05) is 13.2 Å². The van der Waals surface area contributed by atoms with E-state index in [1.807, 2.05) is 0 Å². The zero-order valence-corrected chi connectivity index (χ0v) is 7.11. The predicted octanol–water partition coefficient (Wildman–Crippen LogP) is -1.16. The van der Waals surface area contributed by atoms with Crippen LogP contribution in [-0.2, 0) is 0 Å². The monoisotopic (exact) mass is 175 g/mol. The summed E-state index contributed by atoms with van der Waals surface area (Å²) in [4.78, 5) is 0. The molecule has 4 heteroatoms. The maximum atomic E-state index is 9.21. The molecule has 0 aromatic carbocycles. The van der Waals surface area contributed by atoms with Crippen LogP contribution in [0.2, 0.25) is 0 Å². The Labute approximate surface area is 72.2 Å². The second-order valence-corrected chi connectivity index (χ2v) is 3.35. The highest BCUT2D eigenvalue weighted by Crippen LogP contribution is 2.17. The zero-order chi connectivity index (χ0) is 8.97. The molecular weight excluding hydrogens is 158 g/mol. The topological polar surface area (TPSA) is 72.7 Å². The molecule has 0 radical (unpaired) electrons. The fraction of sp³-hybridized carbons (Fsp3) is 1.00. The van der Waals surface area contributed by atoms with Gasteiger partial charge in [-0.3, -0.25) is 0 Å². The summed E-state index contributed by atoms with van der Waals surface area (Å²) in [5, 5.41) is 29.8. The molecule has 0 bridgehead atoms. The molecule has 0 spiro atoms. The van der Waals surface area contributed by atoms with E-state index in [-0.39, 0.29) is 6.61 Å². The maximum absolute atomic E-state index is 9.21. The van der Waals surface area contributed by atoms with Crippen LogP contribution in [0.5, 0.6) is 0 Å². The van der Waals surface area contributed by atoms with Crippen molar-refractivity contribution < 1.29 is 15.3 Å². The lowest BCUT2D eigenvalue weighted by Gasteiger charge is -2.28. The molecule has 1 aliphatic carbocycles. The van der Waals surface area contributed by atoms with Crippen molar-refractivity contribution in [1.82, 2.24) is 5.32 Å². The van der Waals surface area contributed by atoms with Gasteiger partial charge >= 0.3 is 0 Å². The lowest BCUT2D eigenvalue weighted by molar-refractivity contribution is -0.0150. The summed E-state index contributed by atoms with van der Waals surface area (Å²) in [6.07, 6.45) is 1.69. The molecule has 0 aromatic rings. The van der Waals surface area contributed by atoms with Crippen LogP contribution >= 0.6 is 0 Å². The lowest BCUT2D eigenvalue weighted by atomic mass is 9.93. The lowest BCUT2D eigenvalue weighted by Crippen LogP contribution is -2.44. The molecule has 4 nitrogen and oxygen atoms in total. The van der Waals surface area contributed by atoms with Crippen molar-refractivity contribution in [2.24, 2.45) is 0 Å². The van der Waals surface area contributed by atoms with Crippen LogP contribution < -0.4 is 5.32 Å². The molecule has 0 amide bonds. The number of aliphatic hydroxyl groups is 3. The number of rotatable bonds is 5. The number of aliphatic hydroxyl groups excluding tert-OH is 3. The molecule has 2 unspecified atom stereocenters. The van der Waals surface area contributed by atoms with E-state index in [1.165, 1.54) is 6.42 Å². The highest BCUT2D eigenvalue weighted by atomic mass is 16.4. The quantitative estimate of drug-likeness (QED) is 0.425. The number of hydrogen-bond donors (Lipinski definition) is 4. The van der Waals surface area contributed by atoms with Crippen molar-refractivity contribution in [3.8, 4) is 0 Å². The molecule has 0 saturated heterocycles. The number of nitrogens with one attached hydrogen (secondary N) is 1. The first kappa shape index (κ1) is 9.92. The van der Waals surface area contributed by atoms with Gasteiger partial charge in [-0.25, -0.2) is 0 Å². The van der Waals surface area contributed by atoms with Crippen LogP contribution in [0.4, 0.5) is 0 Å². The van der Waals surface area contributed by atoms with Gasteiger partial charge in [-0.2, -0.15) is 0 Å². The Morgan fingerprint density at radius 1 is 1.25 bits per heavy atom. The Bertz CT molecular complexity index is 127. The van der Waals surface area contributed by atoms with E-state index >= 15 is 0 Å². The highest BCUT2D eigenvalue weighted by Gasteiger charge is 2.20. The van der Waals surface area contributed by atoms with Crippen LogP contribution in [-0.4, -0.2) is 46.7 Å². The SMILES string of the molecule is OCC(O)C(O)CNC1CCC1. The first-order chi connectivity index (χ1) is 5.74. The van der Waals surface area contributed by atoms with Gasteiger partial charge in [0.05, 0.1) is 12.7 Å². The van der Waals surface area contributed by atoms with Gasteiger partial charge in [0.2, 0.25) is 0 Å². The summed E-state index contributed by atoms with van der Waals surface area (Å²) >= 11 is 0. The maximum Gasteiger partial charge on any atom is 0.104 e. The average molecular weight is 175 g/mol. The Kier molecular flexibility index (Phi) is 3.94. The summed E-state index contributed by atoms with van der Waals surface area (Å²) in [5.74, 6) is 0. The molecular formula is C8H17NO3. The summed E-state index contributed by atoms with van der Waals surface area (Å²) < 4.78 is 0. The minimum atomic E-state index is -1.02. The van der Waals surface area contributed by atoms with Gasteiger partial charge in [-0.05, 0) is 12.8 Å². The largest absolute Gasteiger partial charge is 0.394 e. The molecule has 2 atom stereocenters. The summed E-state index contributed by atoms with van der Waals surface area (Å²) in [5.41, 5.74) is 0. The smallest absolute Gasteiger partial charge is 0.104 e. The molecule has 0 heterocycles. The Balaban J connectivity index is 2.04. The van der Waals surface area contributed by atoms with E-state index in [9.17, 15) is 5.11 Å². The van der Waals surface area contributed by atoms with E-state index in [1.54, 1.807) is 0 Å².